The molecule has 0 saturated heterocycles. The third kappa shape index (κ3) is 42.9. The van der Waals surface area contributed by atoms with E-state index in [9.17, 15) is 53.9 Å². The molecule has 0 aliphatic rings. The Bertz CT molecular complexity index is 5020. The molecule has 0 fully saturated rings. The fourth-order valence-corrected chi connectivity index (χ4v) is 9.16. The smallest absolute Gasteiger partial charge is 0.417 e. The number of allylic oxidation sites excluding steroid dienone is 6. The van der Waals surface area contributed by atoms with E-state index < -0.39 is 35.2 Å². The van der Waals surface area contributed by atoms with Crippen molar-refractivity contribution in [1.82, 2.24) is 40.3 Å². The van der Waals surface area contributed by atoms with Gasteiger partial charge in [0.25, 0.3) is 0 Å². The number of pyridine rings is 4. The summed E-state index contributed by atoms with van der Waals surface area (Å²) >= 11 is 11.2. The number of benzene rings is 7. The van der Waals surface area contributed by atoms with E-state index in [1.165, 1.54) is 90.4 Å². The summed E-state index contributed by atoms with van der Waals surface area (Å²) in [5, 5.41) is 43.5. The Morgan fingerprint density at radius 3 is 1.06 bits per heavy atom. The van der Waals surface area contributed by atoms with E-state index >= 15 is 0 Å². The first-order valence-corrected chi connectivity index (χ1v) is 33.8. The molecule has 13 aromatic rings. The van der Waals surface area contributed by atoms with Gasteiger partial charge in [0.2, 0.25) is 0 Å². The maximum atomic E-state index is 12.7. The Labute approximate surface area is 773 Å². The number of nitrogens with zero attached hydrogens (tertiary/aromatic N) is 9. The Balaban J connectivity index is 0. The van der Waals surface area contributed by atoms with Crippen LogP contribution in [0.4, 0.5) is 45.2 Å². The molecule has 15 nitrogen and oxygen atoms in total. The minimum absolute atomic E-state index is 0. The normalized spacial score (nSPS) is 10.3. The molecule has 13 rings (SSSR count). The number of carbonyl (C=O) groups excluding carboxylic acids is 3. The fourth-order valence-electron chi connectivity index (χ4n) is 8.96. The predicted molar refractivity (Wildman–Crippen MR) is 417 cm³/mol. The van der Waals surface area contributed by atoms with Gasteiger partial charge in [-0.05, 0) is 83.3 Å². The number of fused-ring (bicyclic) bond motifs is 1. The number of rotatable bonds is 9. The van der Waals surface area contributed by atoms with E-state index in [0.717, 1.165) is 68.9 Å². The molecular weight excluding hydrogens is 2660 g/mol. The molecule has 0 bridgehead atoms. The quantitative estimate of drug-likeness (QED) is 0.0530. The number of aliphatic hydroxyl groups is 3. The molecule has 0 saturated carbocycles. The van der Waals surface area contributed by atoms with Gasteiger partial charge in [-0.1, -0.05) is 95.3 Å². The van der Waals surface area contributed by atoms with Crippen molar-refractivity contribution in [3.05, 3.63) is 366 Å². The molecule has 119 heavy (non-hydrogen) atoms. The molecule has 3 N–H and O–H groups in total. The van der Waals surface area contributed by atoms with Crippen LogP contribution in [0.25, 0.3) is 83.2 Å². The van der Waals surface area contributed by atoms with Gasteiger partial charge in [-0.3, -0.25) is 14.4 Å². The van der Waals surface area contributed by atoms with Gasteiger partial charge in [-0.25, -0.2) is 4.85 Å². The van der Waals surface area contributed by atoms with Gasteiger partial charge in [-0.15, -0.1) is 219 Å². The van der Waals surface area contributed by atoms with Gasteiger partial charge in [-0.2, -0.15) is 49.7 Å². The van der Waals surface area contributed by atoms with Crippen molar-refractivity contribution >= 4 is 57.0 Å². The van der Waals surface area contributed by atoms with Crippen molar-refractivity contribution < 1.29 is 190 Å². The summed E-state index contributed by atoms with van der Waals surface area (Å²) in [6.07, 6.45) is -4.46. The number of ketones is 3. The van der Waals surface area contributed by atoms with Gasteiger partial charge >= 0.3 is 18.5 Å². The molecule has 32 heteroatoms. The number of alkyl halides is 9. The van der Waals surface area contributed by atoms with E-state index in [1.54, 1.807) is 103 Å². The third-order valence-corrected chi connectivity index (χ3v) is 14.0. The zero-order chi connectivity index (χ0) is 82.9. The van der Waals surface area contributed by atoms with E-state index in [0.29, 0.717) is 38.4 Å². The first-order chi connectivity index (χ1) is 53.7. The summed E-state index contributed by atoms with van der Waals surface area (Å²) in [4.78, 5) is 49.1. The molecule has 632 valence electrons. The van der Waals surface area contributed by atoms with E-state index in [1.807, 2.05) is 91.0 Å². The summed E-state index contributed by atoms with van der Waals surface area (Å²) in [6, 6.07) is 82.4. The van der Waals surface area contributed by atoms with Crippen LogP contribution in [0.2, 0.25) is 10.3 Å². The minimum Gasteiger partial charge on any atom is -0.512 e. The van der Waals surface area contributed by atoms with Gasteiger partial charge in [0.15, 0.2) is 23.0 Å². The third-order valence-electron chi connectivity index (χ3n) is 13.6. The topological polar surface area (TPSA) is 219 Å². The molecule has 0 amide bonds. The maximum absolute atomic E-state index is 12.7. The second-order valence-electron chi connectivity index (χ2n) is 22.7. The van der Waals surface area contributed by atoms with Crippen molar-refractivity contribution in [2.75, 3.05) is 0 Å². The maximum Gasteiger partial charge on any atom is 0.417 e. The van der Waals surface area contributed by atoms with Crippen LogP contribution in [-0.4, -0.2) is 73.0 Å². The van der Waals surface area contributed by atoms with Crippen molar-refractivity contribution in [2.24, 2.45) is 0 Å². The first kappa shape index (κ1) is 112. The molecule has 0 aliphatic heterocycles. The Morgan fingerprint density at radius 2 is 0.748 bits per heavy atom. The molecule has 0 aliphatic carbocycles. The molecule has 0 spiro atoms. The molecule has 7 aromatic carbocycles. The van der Waals surface area contributed by atoms with Gasteiger partial charge < -0.3 is 35.3 Å². The number of hydrogen-bond acceptors (Lipinski definition) is 14. The van der Waals surface area contributed by atoms with Crippen LogP contribution in [0.15, 0.2) is 291 Å². The zero-order valence-electron chi connectivity index (χ0n) is 62.7. The first-order valence-electron chi connectivity index (χ1n) is 33.0. The summed E-state index contributed by atoms with van der Waals surface area (Å²) < 4.78 is 113. The van der Waals surface area contributed by atoms with Crippen LogP contribution in [-0.2, 0) is 154 Å². The van der Waals surface area contributed by atoms with Crippen LogP contribution in [0.5, 0.6) is 0 Å². The molecule has 6 aromatic heterocycles. The molecular formula is C87H66Cl2F9Ir6N9O6-6. The summed E-state index contributed by atoms with van der Waals surface area (Å²) in [7, 11) is 0. The average Bonchev–Trinajstić information content (AvgIpc) is 0.821. The van der Waals surface area contributed by atoms with E-state index in [2.05, 4.69) is 87.6 Å². The average molecular weight is 2730 g/mol. The summed E-state index contributed by atoms with van der Waals surface area (Å²) in [6.45, 7) is 15.6. The van der Waals surface area contributed by atoms with Crippen LogP contribution >= 0.6 is 23.2 Å². The second-order valence-corrected chi connectivity index (χ2v) is 23.5. The van der Waals surface area contributed by atoms with Crippen molar-refractivity contribution in [3.63, 3.8) is 0 Å². The van der Waals surface area contributed by atoms with E-state index in [4.69, 9.17) is 45.1 Å². The number of aliphatic hydroxyl groups excluding tert-OH is 3. The van der Waals surface area contributed by atoms with Crippen molar-refractivity contribution in [3.8, 4) is 67.5 Å². The predicted octanol–water partition coefficient (Wildman–Crippen LogP) is 23.2. The molecule has 6 heterocycles. The Hall–Kier alpha value is -9.47. The molecule has 0 unspecified atom stereocenters. The Morgan fingerprint density at radius 1 is 0.378 bits per heavy atom. The molecule has 6 radical (unpaired) electrons. The monoisotopic (exact) mass is 2730 g/mol. The van der Waals surface area contributed by atoms with Crippen molar-refractivity contribution in [1.29, 1.82) is 0 Å². The number of halogens is 11. The van der Waals surface area contributed by atoms with Gasteiger partial charge in [0.05, 0.1) is 29.4 Å². The van der Waals surface area contributed by atoms with Gasteiger partial charge in [0, 0.05) is 198 Å². The summed E-state index contributed by atoms with van der Waals surface area (Å²) in [5.74, 6) is -0.187. The number of aromatic nitrogens is 8. The van der Waals surface area contributed by atoms with Crippen LogP contribution < -0.4 is 0 Å². The fraction of sp³-hybridized carbons (Fsp3) is 0.103. The largest absolute Gasteiger partial charge is 0.512 e. The standard InChI is InChI=1S/C16H9N2.3C12H7F3N.2C10H6ClN2.3C5H8O2.6Ir/c1-17-13-9-10-18-16(11-13)15-8-4-6-12-5-2-3-7-14(12)15;2*13-12(14,15)10-7-4-8-16-11(10)9-5-2-1-3-6-9;13-12(14,15)10-6-7-11(16-8-10)9-4-2-1-3-5-9;2*11-10-7-6-9(12-13-10)8-4-2-1-3-5-8;3*1-4(6)3-5(2)7;;;;;;/h2-7,9-11H;2*1-5,7-8H;1-4,6-8H;2*1-4,6-7H;3*3,6H,1-2H3;;;;;;/q6*-1;;;;;;;;;. The number of hydrogen-bond donors (Lipinski definition) is 3. The van der Waals surface area contributed by atoms with E-state index in [-0.39, 0.29) is 167 Å². The van der Waals surface area contributed by atoms with Crippen LogP contribution in [0.3, 0.4) is 0 Å². The second kappa shape index (κ2) is 58.4. The van der Waals surface area contributed by atoms with Crippen LogP contribution in [0.1, 0.15) is 58.2 Å². The van der Waals surface area contributed by atoms with Gasteiger partial charge in [0.1, 0.15) is 10.3 Å². The zero-order valence-corrected chi connectivity index (χ0v) is 78.6. The molecule has 0 atom stereocenters. The van der Waals surface area contributed by atoms with Crippen LogP contribution in [0, 0.1) is 43.0 Å². The van der Waals surface area contributed by atoms with Crippen molar-refractivity contribution in [2.45, 2.75) is 60.1 Å². The SMILES string of the molecule is CC(=O)C=C(C)O.CC(=O)C=C(C)O.CC(=O)C=C(C)O.Clc1ccc(-c2[c-]cccc2)nn1.Clc1ccc(-c2[c-]cccc2)nn1.FC(F)(F)c1ccc(-c2[c-]cccc2)nc1.FC(F)(F)c1cccnc1-c1[c-]cccc1.FC(F)(F)c1cccnc1-c1[c-]cccc1.[C-]#[N+]c1ccnc(-c2[c-]ccc3ccccc23)c1.[Ir].[Ir].[Ir].[Ir].[Ir].[Ir]. The summed E-state index contributed by atoms with van der Waals surface area (Å²) in [5.41, 5.74) is 5.19. The minimum atomic E-state index is -4.40. The number of carbonyl (C=O) groups is 3. The Kier molecular flexibility index (Phi) is 54.8.